The molecule has 1 aromatic carbocycles. The molecule has 1 unspecified atom stereocenters. The lowest BCUT2D eigenvalue weighted by Gasteiger charge is -2.19. The SMILES string of the molecule is CCC(Cc1cn[nH]n1)c1c(C)cc(O)cc1C. The van der Waals surface area contributed by atoms with Gasteiger partial charge in [0.25, 0.3) is 0 Å². The summed E-state index contributed by atoms with van der Waals surface area (Å²) in [6.45, 7) is 6.28. The van der Waals surface area contributed by atoms with E-state index in [0.29, 0.717) is 11.7 Å². The van der Waals surface area contributed by atoms with E-state index < -0.39 is 0 Å². The minimum Gasteiger partial charge on any atom is -0.508 e. The number of phenolic OH excluding ortho intramolecular Hbond substituents is 1. The molecule has 1 atom stereocenters. The second kappa shape index (κ2) is 5.21. The van der Waals surface area contributed by atoms with Crippen molar-refractivity contribution in [1.82, 2.24) is 15.4 Å². The Labute approximate surface area is 107 Å². The van der Waals surface area contributed by atoms with Gasteiger partial charge in [0.15, 0.2) is 0 Å². The van der Waals surface area contributed by atoms with E-state index in [-0.39, 0.29) is 0 Å². The number of aromatic amines is 1. The summed E-state index contributed by atoms with van der Waals surface area (Å²) in [5, 5.41) is 20.2. The Bertz CT molecular complexity index is 497. The standard InChI is InChI=1S/C14H19N3O/c1-4-11(7-12-8-15-17-16-12)14-9(2)5-13(18)6-10(14)3/h5-6,8,11,18H,4,7H2,1-3H3,(H,15,16,17). The molecule has 0 aliphatic rings. The Hall–Kier alpha value is -1.84. The molecule has 96 valence electrons. The first-order valence-electron chi connectivity index (χ1n) is 6.26. The van der Waals surface area contributed by atoms with Gasteiger partial charge in [0.2, 0.25) is 0 Å². The number of nitrogens with zero attached hydrogens (tertiary/aromatic N) is 2. The Kier molecular flexibility index (Phi) is 3.65. The first-order chi connectivity index (χ1) is 8.61. The van der Waals surface area contributed by atoms with Crippen LogP contribution in [0.2, 0.25) is 0 Å². The molecular weight excluding hydrogens is 226 g/mol. The molecule has 0 fully saturated rings. The predicted molar refractivity (Wildman–Crippen MR) is 70.7 cm³/mol. The highest BCUT2D eigenvalue weighted by atomic mass is 16.3. The number of hydrogen-bond donors (Lipinski definition) is 2. The smallest absolute Gasteiger partial charge is 0.116 e. The molecule has 0 aliphatic carbocycles. The molecule has 0 radical (unpaired) electrons. The number of hydrogen-bond acceptors (Lipinski definition) is 3. The van der Waals surface area contributed by atoms with Crippen LogP contribution < -0.4 is 0 Å². The number of aromatic hydroxyl groups is 1. The van der Waals surface area contributed by atoms with E-state index in [4.69, 9.17) is 0 Å². The van der Waals surface area contributed by atoms with Gasteiger partial charge in [-0.2, -0.15) is 15.4 Å². The van der Waals surface area contributed by atoms with Crippen LogP contribution >= 0.6 is 0 Å². The Balaban J connectivity index is 2.33. The van der Waals surface area contributed by atoms with Crippen LogP contribution in [0.1, 0.15) is 41.6 Å². The van der Waals surface area contributed by atoms with Crippen LogP contribution in [0.15, 0.2) is 18.3 Å². The van der Waals surface area contributed by atoms with E-state index in [1.807, 2.05) is 26.0 Å². The van der Waals surface area contributed by atoms with Gasteiger partial charge in [-0.05, 0) is 61.4 Å². The van der Waals surface area contributed by atoms with Gasteiger partial charge in [0, 0.05) is 0 Å². The highest BCUT2D eigenvalue weighted by molar-refractivity contribution is 5.42. The van der Waals surface area contributed by atoms with Gasteiger partial charge in [0.05, 0.1) is 11.9 Å². The molecule has 2 N–H and O–H groups in total. The number of nitrogens with one attached hydrogen (secondary N) is 1. The van der Waals surface area contributed by atoms with Crippen molar-refractivity contribution in [3.63, 3.8) is 0 Å². The summed E-state index contributed by atoms with van der Waals surface area (Å²) in [5.74, 6) is 0.751. The summed E-state index contributed by atoms with van der Waals surface area (Å²) >= 11 is 0. The van der Waals surface area contributed by atoms with Crippen LogP contribution in [0.25, 0.3) is 0 Å². The maximum atomic E-state index is 9.60. The first kappa shape index (κ1) is 12.6. The third-order valence-electron chi connectivity index (χ3n) is 3.40. The van der Waals surface area contributed by atoms with E-state index in [2.05, 4.69) is 22.3 Å². The van der Waals surface area contributed by atoms with Gasteiger partial charge in [-0.3, -0.25) is 0 Å². The average molecular weight is 245 g/mol. The van der Waals surface area contributed by atoms with Crippen molar-refractivity contribution in [1.29, 1.82) is 0 Å². The highest BCUT2D eigenvalue weighted by Gasteiger charge is 2.17. The molecular formula is C14H19N3O. The number of benzene rings is 1. The van der Waals surface area contributed by atoms with E-state index in [1.54, 1.807) is 6.20 Å². The molecule has 0 amide bonds. The fourth-order valence-electron chi connectivity index (χ4n) is 2.62. The number of H-pyrrole nitrogens is 1. The fraction of sp³-hybridized carbons (Fsp3) is 0.429. The summed E-state index contributed by atoms with van der Waals surface area (Å²) in [7, 11) is 0. The van der Waals surface area contributed by atoms with Gasteiger partial charge in [-0.1, -0.05) is 6.92 Å². The zero-order valence-corrected chi connectivity index (χ0v) is 11.1. The molecule has 1 heterocycles. The van der Waals surface area contributed by atoms with Crippen LogP contribution in [-0.4, -0.2) is 20.5 Å². The molecule has 4 heteroatoms. The Morgan fingerprint density at radius 3 is 2.44 bits per heavy atom. The summed E-state index contributed by atoms with van der Waals surface area (Å²) in [6, 6.07) is 3.65. The molecule has 2 aromatic rings. The summed E-state index contributed by atoms with van der Waals surface area (Å²) in [4.78, 5) is 0. The fourth-order valence-corrected chi connectivity index (χ4v) is 2.62. The first-order valence-corrected chi connectivity index (χ1v) is 6.26. The van der Waals surface area contributed by atoms with Crippen molar-refractivity contribution in [3.8, 4) is 5.75 Å². The zero-order chi connectivity index (χ0) is 13.1. The monoisotopic (exact) mass is 245 g/mol. The molecule has 0 aliphatic heterocycles. The van der Waals surface area contributed by atoms with Gasteiger partial charge < -0.3 is 5.11 Å². The number of aryl methyl sites for hydroxylation is 2. The maximum Gasteiger partial charge on any atom is 0.116 e. The second-order valence-corrected chi connectivity index (χ2v) is 4.76. The third kappa shape index (κ3) is 2.53. The molecule has 0 bridgehead atoms. The summed E-state index contributed by atoms with van der Waals surface area (Å²) in [5.41, 5.74) is 4.58. The average Bonchev–Trinajstić information content (AvgIpc) is 2.79. The van der Waals surface area contributed by atoms with Crippen LogP contribution in [-0.2, 0) is 6.42 Å². The van der Waals surface area contributed by atoms with Crippen molar-refractivity contribution in [2.24, 2.45) is 0 Å². The Morgan fingerprint density at radius 2 is 1.94 bits per heavy atom. The molecule has 18 heavy (non-hydrogen) atoms. The largest absolute Gasteiger partial charge is 0.508 e. The number of aromatic nitrogens is 3. The van der Waals surface area contributed by atoms with Gasteiger partial charge in [0.1, 0.15) is 5.75 Å². The van der Waals surface area contributed by atoms with Crippen LogP contribution in [0.5, 0.6) is 5.75 Å². The lowest BCUT2D eigenvalue weighted by molar-refractivity contribution is 0.473. The lowest BCUT2D eigenvalue weighted by Crippen LogP contribution is -2.06. The number of rotatable bonds is 4. The molecule has 0 saturated heterocycles. The lowest BCUT2D eigenvalue weighted by atomic mass is 9.86. The van der Waals surface area contributed by atoms with Crippen LogP contribution in [0.3, 0.4) is 0 Å². The van der Waals surface area contributed by atoms with Gasteiger partial charge in [-0.25, -0.2) is 0 Å². The zero-order valence-electron chi connectivity index (χ0n) is 11.1. The molecule has 0 spiro atoms. The predicted octanol–water partition coefficient (Wildman–Crippen LogP) is 2.86. The van der Waals surface area contributed by atoms with Gasteiger partial charge >= 0.3 is 0 Å². The summed E-state index contributed by atoms with van der Waals surface area (Å²) < 4.78 is 0. The molecule has 4 nitrogen and oxygen atoms in total. The Morgan fingerprint density at radius 1 is 1.28 bits per heavy atom. The van der Waals surface area contributed by atoms with Crippen molar-refractivity contribution < 1.29 is 5.11 Å². The quantitative estimate of drug-likeness (QED) is 0.870. The minimum absolute atomic E-state index is 0.338. The maximum absolute atomic E-state index is 9.60. The summed E-state index contributed by atoms with van der Waals surface area (Å²) in [6.07, 6.45) is 3.69. The van der Waals surface area contributed by atoms with E-state index in [9.17, 15) is 5.11 Å². The topological polar surface area (TPSA) is 61.8 Å². The number of phenols is 1. The van der Waals surface area contributed by atoms with Crippen LogP contribution in [0, 0.1) is 13.8 Å². The minimum atomic E-state index is 0.338. The molecule has 1 aromatic heterocycles. The van der Waals surface area contributed by atoms with E-state index in [1.165, 1.54) is 5.56 Å². The van der Waals surface area contributed by atoms with Crippen molar-refractivity contribution >= 4 is 0 Å². The van der Waals surface area contributed by atoms with Crippen molar-refractivity contribution in [3.05, 3.63) is 40.7 Å². The van der Waals surface area contributed by atoms with Crippen molar-refractivity contribution in [2.75, 3.05) is 0 Å². The van der Waals surface area contributed by atoms with Crippen LogP contribution in [0.4, 0.5) is 0 Å². The van der Waals surface area contributed by atoms with Crippen molar-refractivity contribution in [2.45, 2.75) is 39.5 Å². The van der Waals surface area contributed by atoms with E-state index in [0.717, 1.165) is 29.7 Å². The highest BCUT2D eigenvalue weighted by Crippen LogP contribution is 2.31. The van der Waals surface area contributed by atoms with E-state index >= 15 is 0 Å². The molecule has 0 saturated carbocycles. The normalized spacial score (nSPS) is 12.6. The third-order valence-corrected chi connectivity index (χ3v) is 3.40. The molecule has 2 rings (SSSR count). The van der Waals surface area contributed by atoms with Gasteiger partial charge in [-0.15, -0.1) is 0 Å². The second-order valence-electron chi connectivity index (χ2n) is 4.76.